The fourth-order valence-electron chi connectivity index (χ4n) is 3.28. The topological polar surface area (TPSA) is 38.6 Å². The standard InChI is InChI=1S/C16H23N3OS/c1-11-13(8-17-16(2)6-3-7-20-10-16)19-14(12-4-5-12)9-21-15(19)18-11/h9,12,17H,3-8,10H2,1-2H3. The van der Waals surface area contributed by atoms with Crippen molar-refractivity contribution in [2.24, 2.45) is 0 Å². The Hall–Kier alpha value is -0.910. The van der Waals surface area contributed by atoms with Gasteiger partial charge in [-0.3, -0.25) is 4.40 Å². The molecule has 2 aliphatic rings. The van der Waals surface area contributed by atoms with E-state index in [2.05, 4.69) is 28.9 Å². The summed E-state index contributed by atoms with van der Waals surface area (Å²) in [5.74, 6) is 0.764. The van der Waals surface area contributed by atoms with Crippen LogP contribution in [0.3, 0.4) is 0 Å². The van der Waals surface area contributed by atoms with Gasteiger partial charge in [0.1, 0.15) is 0 Å². The molecule has 21 heavy (non-hydrogen) atoms. The molecule has 0 amide bonds. The second kappa shape index (κ2) is 5.07. The molecule has 0 radical (unpaired) electrons. The first-order valence-corrected chi connectivity index (χ1v) is 8.82. The summed E-state index contributed by atoms with van der Waals surface area (Å²) in [7, 11) is 0. The summed E-state index contributed by atoms with van der Waals surface area (Å²) in [4.78, 5) is 5.89. The highest BCUT2D eigenvalue weighted by Crippen LogP contribution is 2.42. The van der Waals surface area contributed by atoms with Gasteiger partial charge in [-0.1, -0.05) is 0 Å². The summed E-state index contributed by atoms with van der Waals surface area (Å²) in [6, 6.07) is 0. The first-order chi connectivity index (χ1) is 10.2. The largest absolute Gasteiger partial charge is 0.380 e. The monoisotopic (exact) mass is 305 g/mol. The number of aryl methyl sites for hydroxylation is 1. The van der Waals surface area contributed by atoms with Crippen molar-refractivity contribution in [3.63, 3.8) is 0 Å². The van der Waals surface area contributed by atoms with Gasteiger partial charge in [-0.25, -0.2) is 4.98 Å². The van der Waals surface area contributed by atoms with Crippen molar-refractivity contribution in [1.29, 1.82) is 0 Å². The molecule has 1 unspecified atom stereocenters. The van der Waals surface area contributed by atoms with Crippen molar-refractivity contribution in [2.75, 3.05) is 13.2 Å². The second-order valence-corrected chi connectivity index (χ2v) is 7.60. The van der Waals surface area contributed by atoms with Crippen LogP contribution in [0.4, 0.5) is 0 Å². The van der Waals surface area contributed by atoms with Crippen molar-refractivity contribution < 1.29 is 4.74 Å². The Labute approximate surface area is 129 Å². The number of fused-ring (bicyclic) bond motifs is 1. The zero-order valence-electron chi connectivity index (χ0n) is 12.8. The predicted molar refractivity (Wildman–Crippen MR) is 85.1 cm³/mol. The molecule has 5 heteroatoms. The van der Waals surface area contributed by atoms with Crippen LogP contribution in [0.2, 0.25) is 0 Å². The van der Waals surface area contributed by atoms with Crippen LogP contribution in [0.25, 0.3) is 4.96 Å². The molecule has 114 valence electrons. The van der Waals surface area contributed by atoms with Crippen molar-refractivity contribution in [3.05, 3.63) is 22.5 Å². The van der Waals surface area contributed by atoms with Crippen LogP contribution in [0, 0.1) is 6.92 Å². The number of hydrogen-bond acceptors (Lipinski definition) is 4. The second-order valence-electron chi connectivity index (χ2n) is 6.77. The van der Waals surface area contributed by atoms with Crippen molar-refractivity contribution in [3.8, 4) is 0 Å². The lowest BCUT2D eigenvalue weighted by Crippen LogP contribution is -2.48. The molecule has 3 heterocycles. The molecule has 1 aliphatic heterocycles. The number of aromatic nitrogens is 2. The maximum Gasteiger partial charge on any atom is 0.194 e. The number of hydrogen-bond donors (Lipinski definition) is 1. The molecule has 2 aromatic rings. The Kier molecular flexibility index (Phi) is 3.32. The summed E-state index contributed by atoms with van der Waals surface area (Å²) < 4.78 is 8.05. The Morgan fingerprint density at radius 3 is 3.10 bits per heavy atom. The van der Waals surface area contributed by atoms with E-state index in [-0.39, 0.29) is 5.54 Å². The number of thiazole rings is 1. The highest BCUT2D eigenvalue weighted by Gasteiger charge is 2.30. The van der Waals surface area contributed by atoms with Crippen LogP contribution in [-0.4, -0.2) is 28.1 Å². The molecule has 4 rings (SSSR count). The third kappa shape index (κ3) is 2.51. The van der Waals surface area contributed by atoms with Gasteiger partial charge in [0.25, 0.3) is 0 Å². The fraction of sp³-hybridized carbons (Fsp3) is 0.688. The van der Waals surface area contributed by atoms with Crippen LogP contribution in [0.15, 0.2) is 5.38 Å². The van der Waals surface area contributed by atoms with E-state index in [0.717, 1.165) is 42.8 Å². The van der Waals surface area contributed by atoms with Gasteiger partial charge in [0, 0.05) is 35.7 Å². The summed E-state index contributed by atoms with van der Waals surface area (Å²) in [5.41, 5.74) is 4.07. The fourth-order valence-corrected chi connectivity index (χ4v) is 4.32. The van der Waals surface area contributed by atoms with Gasteiger partial charge < -0.3 is 10.1 Å². The Bertz CT molecular complexity index is 650. The molecule has 2 aromatic heterocycles. The minimum atomic E-state index is 0.102. The first-order valence-electron chi connectivity index (χ1n) is 7.94. The smallest absolute Gasteiger partial charge is 0.194 e. The minimum absolute atomic E-state index is 0.102. The molecule has 1 saturated carbocycles. The highest BCUT2D eigenvalue weighted by molar-refractivity contribution is 7.15. The molecule has 0 spiro atoms. The van der Waals surface area contributed by atoms with E-state index >= 15 is 0 Å². The van der Waals surface area contributed by atoms with Crippen molar-refractivity contribution in [2.45, 2.75) is 57.5 Å². The summed E-state index contributed by atoms with van der Waals surface area (Å²) in [6.45, 7) is 7.00. The van der Waals surface area contributed by atoms with Gasteiger partial charge in [0.15, 0.2) is 4.96 Å². The van der Waals surface area contributed by atoms with Gasteiger partial charge in [0.2, 0.25) is 0 Å². The summed E-state index contributed by atoms with van der Waals surface area (Å²) in [5, 5.41) is 6.03. The van der Waals surface area contributed by atoms with Crippen LogP contribution < -0.4 is 5.32 Å². The van der Waals surface area contributed by atoms with Gasteiger partial charge in [-0.2, -0.15) is 0 Å². The Morgan fingerprint density at radius 1 is 1.52 bits per heavy atom. The summed E-state index contributed by atoms with van der Waals surface area (Å²) >= 11 is 1.78. The van der Waals surface area contributed by atoms with Gasteiger partial charge in [0.05, 0.1) is 18.0 Å². The molecule has 1 saturated heterocycles. The molecule has 1 aliphatic carbocycles. The van der Waals surface area contributed by atoms with Crippen molar-refractivity contribution >= 4 is 16.3 Å². The first kappa shape index (κ1) is 13.7. The van der Waals surface area contributed by atoms with E-state index in [1.807, 2.05) is 0 Å². The number of ether oxygens (including phenoxy) is 1. The molecule has 1 N–H and O–H groups in total. The van der Waals surface area contributed by atoms with E-state index < -0.39 is 0 Å². The van der Waals surface area contributed by atoms with Crippen LogP contribution in [0.1, 0.15) is 55.6 Å². The summed E-state index contributed by atoms with van der Waals surface area (Å²) in [6.07, 6.45) is 5.01. The molecule has 0 aromatic carbocycles. The van der Waals surface area contributed by atoms with Gasteiger partial charge >= 0.3 is 0 Å². The van der Waals surface area contributed by atoms with Gasteiger partial charge in [-0.05, 0) is 39.5 Å². The lowest BCUT2D eigenvalue weighted by Gasteiger charge is -2.34. The molecule has 0 bridgehead atoms. The third-order valence-electron chi connectivity index (χ3n) is 4.80. The van der Waals surface area contributed by atoms with Crippen molar-refractivity contribution in [1.82, 2.24) is 14.7 Å². The third-order valence-corrected chi connectivity index (χ3v) is 5.65. The highest BCUT2D eigenvalue weighted by atomic mass is 32.1. The van der Waals surface area contributed by atoms with Crippen LogP contribution >= 0.6 is 11.3 Å². The van der Waals surface area contributed by atoms with Crippen LogP contribution in [-0.2, 0) is 11.3 Å². The maximum absolute atomic E-state index is 5.65. The van der Waals surface area contributed by atoms with Crippen LogP contribution in [0.5, 0.6) is 0 Å². The number of imidazole rings is 1. The average Bonchev–Trinajstić information content (AvgIpc) is 3.15. The normalized spacial score (nSPS) is 26.6. The molecule has 1 atom stereocenters. The van der Waals surface area contributed by atoms with E-state index in [0.29, 0.717) is 0 Å². The van der Waals surface area contributed by atoms with E-state index in [1.165, 1.54) is 30.7 Å². The molecule has 4 nitrogen and oxygen atoms in total. The number of rotatable bonds is 4. The average molecular weight is 305 g/mol. The molecular weight excluding hydrogens is 282 g/mol. The van der Waals surface area contributed by atoms with E-state index in [9.17, 15) is 0 Å². The Morgan fingerprint density at radius 2 is 2.38 bits per heavy atom. The lowest BCUT2D eigenvalue weighted by atomic mass is 9.95. The van der Waals surface area contributed by atoms with E-state index in [4.69, 9.17) is 9.72 Å². The van der Waals surface area contributed by atoms with Gasteiger partial charge in [-0.15, -0.1) is 11.3 Å². The SMILES string of the molecule is Cc1nc2scc(C3CC3)n2c1CNC1(C)CCCOC1. The predicted octanol–water partition coefficient (Wildman–Crippen LogP) is 3.24. The zero-order valence-corrected chi connectivity index (χ0v) is 13.6. The zero-order chi connectivity index (χ0) is 14.4. The quantitative estimate of drug-likeness (QED) is 0.942. The molecule has 2 fully saturated rings. The number of nitrogens with one attached hydrogen (secondary N) is 1. The molecular formula is C16H23N3OS. The minimum Gasteiger partial charge on any atom is -0.380 e. The number of nitrogens with zero attached hydrogens (tertiary/aromatic N) is 2. The Balaban J connectivity index is 1.60. The maximum atomic E-state index is 5.65. The van der Waals surface area contributed by atoms with E-state index in [1.54, 1.807) is 11.3 Å². The lowest BCUT2D eigenvalue weighted by molar-refractivity contribution is 0.0276.